The van der Waals surface area contributed by atoms with Crippen LogP contribution < -0.4 is 5.32 Å². The number of carboxylic acid groups (broad SMARTS) is 1. The van der Waals surface area contributed by atoms with E-state index in [-0.39, 0.29) is 17.8 Å². The van der Waals surface area contributed by atoms with Gasteiger partial charge in [0.25, 0.3) is 0 Å². The van der Waals surface area contributed by atoms with Crippen molar-refractivity contribution >= 4 is 17.7 Å². The van der Waals surface area contributed by atoms with Gasteiger partial charge in [-0.1, -0.05) is 0 Å². The summed E-state index contributed by atoms with van der Waals surface area (Å²) in [4.78, 5) is 24.3. The zero-order valence-corrected chi connectivity index (χ0v) is 10.5. The quantitative estimate of drug-likeness (QED) is 0.883. The molecule has 2 rings (SSSR count). The van der Waals surface area contributed by atoms with Crippen LogP contribution in [0.1, 0.15) is 29.6 Å². The molecule has 2 N–H and O–H groups in total. The molecule has 2 amide bonds. The van der Waals surface area contributed by atoms with Crippen LogP contribution in [0, 0.1) is 5.82 Å². The minimum atomic E-state index is -1.36. The normalized spacial score (nSPS) is 14.6. The highest BCUT2D eigenvalue weighted by atomic mass is 19.1. The molecule has 1 aromatic carbocycles. The second-order valence-electron chi connectivity index (χ2n) is 4.63. The molecule has 0 unspecified atom stereocenters. The molecule has 1 fully saturated rings. The first-order valence-corrected chi connectivity index (χ1v) is 6.05. The topological polar surface area (TPSA) is 69.6 Å². The molecule has 1 aromatic rings. The first-order chi connectivity index (χ1) is 8.99. The van der Waals surface area contributed by atoms with Crippen LogP contribution in [0.15, 0.2) is 18.2 Å². The summed E-state index contributed by atoms with van der Waals surface area (Å²) in [5, 5.41) is 11.4. The molecule has 0 heterocycles. The van der Waals surface area contributed by atoms with Crippen molar-refractivity contribution in [2.24, 2.45) is 0 Å². The summed E-state index contributed by atoms with van der Waals surface area (Å²) in [7, 11) is 1.70. The average Bonchev–Trinajstić information content (AvgIpc) is 2.28. The van der Waals surface area contributed by atoms with Crippen molar-refractivity contribution in [1.29, 1.82) is 0 Å². The fourth-order valence-electron chi connectivity index (χ4n) is 1.92. The summed E-state index contributed by atoms with van der Waals surface area (Å²) >= 11 is 0. The number of anilines is 1. The lowest BCUT2D eigenvalue weighted by Gasteiger charge is -2.34. The predicted molar refractivity (Wildman–Crippen MR) is 67.8 cm³/mol. The number of carbonyl (C=O) groups is 2. The zero-order chi connectivity index (χ0) is 14.0. The van der Waals surface area contributed by atoms with E-state index in [1.807, 2.05) is 0 Å². The Balaban J connectivity index is 2.08. The second kappa shape index (κ2) is 5.26. The molecular formula is C13H15FN2O3. The van der Waals surface area contributed by atoms with Gasteiger partial charge in [-0.3, -0.25) is 0 Å². The number of hydrogen-bond acceptors (Lipinski definition) is 2. The molecule has 1 aliphatic rings. The van der Waals surface area contributed by atoms with Crippen molar-refractivity contribution in [3.63, 3.8) is 0 Å². The minimum absolute atomic E-state index is 0.236. The highest BCUT2D eigenvalue weighted by Crippen LogP contribution is 2.24. The first-order valence-electron chi connectivity index (χ1n) is 6.05. The summed E-state index contributed by atoms with van der Waals surface area (Å²) in [6.07, 6.45) is 3.07. The third kappa shape index (κ3) is 2.83. The van der Waals surface area contributed by atoms with Crippen LogP contribution >= 0.6 is 0 Å². The summed E-state index contributed by atoms with van der Waals surface area (Å²) in [5.74, 6) is -2.18. The van der Waals surface area contributed by atoms with Gasteiger partial charge in [-0.15, -0.1) is 0 Å². The fourth-order valence-corrected chi connectivity index (χ4v) is 1.92. The molecule has 0 spiro atoms. The Hall–Kier alpha value is -2.11. The number of carboxylic acids is 1. The van der Waals surface area contributed by atoms with Gasteiger partial charge in [-0.2, -0.15) is 0 Å². The van der Waals surface area contributed by atoms with E-state index in [9.17, 15) is 14.0 Å². The number of nitrogens with zero attached hydrogens (tertiary/aromatic N) is 1. The van der Waals surface area contributed by atoms with E-state index in [1.54, 1.807) is 11.9 Å². The molecule has 102 valence electrons. The lowest BCUT2D eigenvalue weighted by Crippen LogP contribution is -2.43. The van der Waals surface area contributed by atoms with Crippen molar-refractivity contribution in [3.8, 4) is 0 Å². The first kappa shape index (κ1) is 13.3. The van der Waals surface area contributed by atoms with Gasteiger partial charge in [-0.05, 0) is 37.5 Å². The van der Waals surface area contributed by atoms with E-state index >= 15 is 0 Å². The smallest absolute Gasteiger partial charge is 0.338 e. The number of halogens is 1. The van der Waals surface area contributed by atoms with E-state index in [0.29, 0.717) is 0 Å². The van der Waals surface area contributed by atoms with Crippen LogP contribution in [-0.2, 0) is 0 Å². The van der Waals surface area contributed by atoms with E-state index < -0.39 is 17.3 Å². The third-order valence-electron chi connectivity index (χ3n) is 3.39. The Morgan fingerprint density at radius 2 is 2.11 bits per heavy atom. The van der Waals surface area contributed by atoms with Gasteiger partial charge in [0.05, 0.1) is 5.56 Å². The third-order valence-corrected chi connectivity index (χ3v) is 3.39. The van der Waals surface area contributed by atoms with Crippen LogP contribution in [0.25, 0.3) is 0 Å². The van der Waals surface area contributed by atoms with Crippen LogP contribution in [0.5, 0.6) is 0 Å². The number of carbonyl (C=O) groups excluding carboxylic acids is 1. The molecule has 0 bridgehead atoms. The maximum absolute atomic E-state index is 13.2. The zero-order valence-electron chi connectivity index (χ0n) is 10.5. The molecule has 1 saturated carbocycles. The van der Waals surface area contributed by atoms with Crippen molar-refractivity contribution < 1.29 is 19.1 Å². The van der Waals surface area contributed by atoms with Crippen LogP contribution in [-0.4, -0.2) is 35.1 Å². The predicted octanol–water partition coefficient (Wildman–Crippen LogP) is 2.54. The molecule has 0 saturated heterocycles. The summed E-state index contributed by atoms with van der Waals surface area (Å²) in [6.45, 7) is 0. The number of hydrogen-bond donors (Lipinski definition) is 2. The summed E-state index contributed by atoms with van der Waals surface area (Å²) in [6, 6.07) is 3.41. The van der Waals surface area contributed by atoms with E-state index in [1.165, 1.54) is 6.07 Å². The molecule has 0 aromatic heterocycles. The molecule has 1 aliphatic carbocycles. The number of nitrogens with one attached hydrogen (secondary N) is 1. The Morgan fingerprint density at radius 1 is 1.42 bits per heavy atom. The van der Waals surface area contributed by atoms with E-state index in [4.69, 9.17) is 5.11 Å². The van der Waals surface area contributed by atoms with E-state index in [2.05, 4.69) is 5.32 Å². The monoisotopic (exact) mass is 266 g/mol. The number of urea groups is 1. The molecule has 5 nitrogen and oxygen atoms in total. The van der Waals surface area contributed by atoms with Crippen LogP contribution in [0.2, 0.25) is 0 Å². The fraction of sp³-hybridized carbons (Fsp3) is 0.385. The Morgan fingerprint density at radius 3 is 2.63 bits per heavy atom. The van der Waals surface area contributed by atoms with Gasteiger partial charge in [0.2, 0.25) is 0 Å². The molecule has 19 heavy (non-hydrogen) atoms. The maximum Gasteiger partial charge on any atom is 0.338 e. The number of amides is 2. The van der Waals surface area contributed by atoms with Crippen LogP contribution in [0.3, 0.4) is 0 Å². The SMILES string of the molecule is CN(C(=O)Nc1ccc(F)c(C(=O)O)c1)C1CCC1. The molecule has 6 heteroatoms. The number of aromatic carboxylic acids is 1. The molecule has 0 radical (unpaired) electrons. The lowest BCUT2D eigenvalue weighted by molar-refractivity contribution is 0.0692. The Labute approximate surface area is 110 Å². The molecule has 0 atom stereocenters. The second-order valence-corrected chi connectivity index (χ2v) is 4.63. The molecular weight excluding hydrogens is 251 g/mol. The maximum atomic E-state index is 13.2. The lowest BCUT2D eigenvalue weighted by atomic mass is 9.92. The summed E-state index contributed by atoms with van der Waals surface area (Å²) in [5.41, 5.74) is -0.181. The number of rotatable bonds is 3. The minimum Gasteiger partial charge on any atom is -0.478 e. The van der Waals surface area contributed by atoms with Gasteiger partial charge in [-0.25, -0.2) is 14.0 Å². The highest BCUT2D eigenvalue weighted by molar-refractivity contribution is 5.93. The largest absolute Gasteiger partial charge is 0.478 e. The summed E-state index contributed by atoms with van der Waals surface area (Å²) < 4.78 is 13.2. The molecule has 0 aliphatic heterocycles. The van der Waals surface area contributed by atoms with Gasteiger partial charge >= 0.3 is 12.0 Å². The average molecular weight is 266 g/mol. The highest BCUT2D eigenvalue weighted by Gasteiger charge is 2.25. The van der Waals surface area contributed by atoms with Gasteiger partial charge in [0, 0.05) is 18.8 Å². The van der Waals surface area contributed by atoms with Crippen molar-refractivity contribution in [2.45, 2.75) is 25.3 Å². The van der Waals surface area contributed by atoms with Crippen molar-refractivity contribution in [3.05, 3.63) is 29.6 Å². The van der Waals surface area contributed by atoms with Crippen LogP contribution in [0.4, 0.5) is 14.9 Å². The standard InChI is InChI=1S/C13H15FN2O3/c1-16(9-3-2-4-9)13(19)15-8-5-6-11(14)10(7-8)12(17)18/h5-7,9H,2-4H2,1H3,(H,15,19)(H,17,18). The van der Waals surface area contributed by atoms with E-state index in [0.717, 1.165) is 31.4 Å². The number of benzene rings is 1. The van der Waals surface area contributed by atoms with Gasteiger partial charge in [0.15, 0.2) is 0 Å². The Bertz CT molecular complexity index is 515. The van der Waals surface area contributed by atoms with Crippen molar-refractivity contribution in [1.82, 2.24) is 4.90 Å². The van der Waals surface area contributed by atoms with Crippen molar-refractivity contribution in [2.75, 3.05) is 12.4 Å². The van der Waals surface area contributed by atoms with Gasteiger partial charge < -0.3 is 15.3 Å². The van der Waals surface area contributed by atoms with Gasteiger partial charge in [0.1, 0.15) is 5.82 Å². The Kier molecular flexibility index (Phi) is 3.69.